The highest BCUT2D eigenvalue weighted by Crippen LogP contribution is 2.25. The van der Waals surface area contributed by atoms with Crippen molar-refractivity contribution in [1.82, 2.24) is 9.55 Å². The van der Waals surface area contributed by atoms with Crippen LogP contribution in [0.1, 0.15) is 12.5 Å². The number of aromatic nitrogens is 2. The number of halogens is 2. The van der Waals surface area contributed by atoms with Gasteiger partial charge in [-0.25, -0.2) is 9.37 Å². The SMILES string of the molecule is C/C(=C\n1cncc1-c1cccc(Cl)c1)C(C=N)=C(N)c1ccc(F)cc1. The van der Waals surface area contributed by atoms with Gasteiger partial charge in [-0.1, -0.05) is 23.7 Å². The Bertz CT molecular complexity index is 1030. The second kappa shape index (κ2) is 8.01. The maximum absolute atomic E-state index is 13.1. The molecule has 6 heteroatoms. The lowest BCUT2D eigenvalue weighted by atomic mass is 10.0. The van der Waals surface area contributed by atoms with Gasteiger partial charge in [0.15, 0.2) is 0 Å². The molecule has 0 aliphatic heterocycles. The molecule has 3 aromatic rings. The van der Waals surface area contributed by atoms with E-state index in [-0.39, 0.29) is 5.82 Å². The van der Waals surface area contributed by atoms with Gasteiger partial charge in [0.25, 0.3) is 0 Å². The van der Waals surface area contributed by atoms with Gasteiger partial charge in [0.05, 0.1) is 18.2 Å². The van der Waals surface area contributed by atoms with E-state index in [1.165, 1.54) is 18.3 Å². The molecule has 4 nitrogen and oxygen atoms in total. The summed E-state index contributed by atoms with van der Waals surface area (Å²) in [7, 11) is 0. The molecule has 136 valence electrons. The highest BCUT2D eigenvalue weighted by atomic mass is 35.5. The van der Waals surface area contributed by atoms with Gasteiger partial charge in [-0.2, -0.15) is 0 Å². The van der Waals surface area contributed by atoms with Crippen LogP contribution in [0.5, 0.6) is 0 Å². The fraction of sp³-hybridized carbons (Fsp3) is 0.0476. The second-order valence-corrected chi connectivity index (χ2v) is 6.42. The lowest BCUT2D eigenvalue weighted by molar-refractivity contribution is 0.627. The number of allylic oxidation sites excluding steroid dienone is 2. The Morgan fingerprint density at radius 2 is 1.96 bits per heavy atom. The molecule has 2 aromatic carbocycles. The normalized spacial score (nSPS) is 12.6. The molecule has 0 fully saturated rings. The van der Waals surface area contributed by atoms with Crippen molar-refractivity contribution < 1.29 is 4.39 Å². The van der Waals surface area contributed by atoms with Crippen molar-refractivity contribution in [2.24, 2.45) is 5.73 Å². The molecular weight excluding hydrogens is 363 g/mol. The van der Waals surface area contributed by atoms with Crippen LogP contribution in [0.2, 0.25) is 5.02 Å². The first-order valence-corrected chi connectivity index (χ1v) is 8.60. The van der Waals surface area contributed by atoms with Gasteiger partial charge in [0.1, 0.15) is 5.82 Å². The minimum atomic E-state index is -0.334. The summed E-state index contributed by atoms with van der Waals surface area (Å²) >= 11 is 6.09. The maximum atomic E-state index is 13.1. The van der Waals surface area contributed by atoms with Gasteiger partial charge in [0, 0.05) is 34.3 Å². The molecule has 0 unspecified atom stereocenters. The van der Waals surface area contributed by atoms with E-state index in [1.807, 2.05) is 42.0 Å². The van der Waals surface area contributed by atoms with Crippen LogP contribution in [0.25, 0.3) is 23.2 Å². The van der Waals surface area contributed by atoms with Crippen LogP contribution in [0.3, 0.4) is 0 Å². The first-order valence-electron chi connectivity index (χ1n) is 8.22. The molecule has 0 bridgehead atoms. The van der Waals surface area contributed by atoms with Crippen molar-refractivity contribution in [3.05, 3.63) is 88.6 Å². The Hall–Kier alpha value is -3.18. The second-order valence-electron chi connectivity index (χ2n) is 5.99. The number of benzene rings is 2. The number of rotatable bonds is 5. The minimum absolute atomic E-state index is 0.334. The van der Waals surface area contributed by atoms with Crippen LogP contribution in [0.4, 0.5) is 4.39 Å². The average molecular weight is 381 g/mol. The lowest BCUT2D eigenvalue weighted by Gasteiger charge is -2.10. The van der Waals surface area contributed by atoms with Gasteiger partial charge in [0.2, 0.25) is 0 Å². The number of nitrogens with two attached hydrogens (primary N) is 1. The summed E-state index contributed by atoms with van der Waals surface area (Å²) < 4.78 is 15.0. The molecule has 0 amide bonds. The van der Waals surface area contributed by atoms with E-state index in [0.717, 1.165) is 16.8 Å². The number of hydrogen-bond donors (Lipinski definition) is 2. The molecule has 1 heterocycles. The first kappa shape index (κ1) is 18.6. The number of imidazole rings is 1. The fourth-order valence-electron chi connectivity index (χ4n) is 2.75. The molecule has 0 aliphatic rings. The first-order chi connectivity index (χ1) is 13.0. The molecule has 0 saturated heterocycles. The Kier molecular flexibility index (Phi) is 5.52. The predicted octanol–water partition coefficient (Wildman–Crippen LogP) is 5.22. The number of hydrogen-bond acceptors (Lipinski definition) is 3. The van der Waals surface area contributed by atoms with Crippen LogP contribution in [-0.4, -0.2) is 15.8 Å². The molecule has 0 atom stereocenters. The van der Waals surface area contributed by atoms with E-state index in [2.05, 4.69) is 4.98 Å². The molecule has 3 N–H and O–H groups in total. The maximum Gasteiger partial charge on any atom is 0.123 e. The molecule has 0 radical (unpaired) electrons. The molecule has 0 aliphatic carbocycles. The van der Waals surface area contributed by atoms with Gasteiger partial charge in [-0.3, -0.25) is 0 Å². The van der Waals surface area contributed by atoms with E-state index in [1.54, 1.807) is 24.7 Å². The van der Waals surface area contributed by atoms with Gasteiger partial charge < -0.3 is 15.7 Å². The van der Waals surface area contributed by atoms with Crippen molar-refractivity contribution in [2.45, 2.75) is 6.92 Å². The molecule has 0 spiro atoms. The van der Waals surface area contributed by atoms with Crippen LogP contribution in [0, 0.1) is 11.2 Å². The highest BCUT2D eigenvalue weighted by Gasteiger charge is 2.09. The highest BCUT2D eigenvalue weighted by molar-refractivity contribution is 6.30. The van der Waals surface area contributed by atoms with Gasteiger partial charge in [-0.05, 0) is 54.5 Å². The quantitative estimate of drug-likeness (QED) is 0.470. The third-order valence-electron chi connectivity index (χ3n) is 4.13. The topological polar surface area (TPSA) is 67.7 Å². The Balaban J connectivity index is 2.02. The molecule has 0 saturated carbocycles. The third kappa shape index (κ3) is 4.15. The van der Waals surface area contributed by atoms with Crippen molar-refractivity contribution in [3.8, 4) is 11.3 Å². The largest absolute Gasteiger partial charge is 0.398 e. The van der Waals surface area contributed by atoms with Gasteiger partial charge in [-0.15, -0.1) is 0 Å². The third-order valence-corrected chi connectivity index (χ3v) is 4.37. The monoisotopic (exact) mass is 380 g/mol. The van der Waals surface area contributed by atoms with Crippen LogP contribution < -0.4 is 5.73 Å². The summed E-state index contributed by atoms with van der Waals surface area (Å²) in [5.74, 6) is -0.334. The van der Waals surface area contributed by atoms with E-state index in [4.69, 9.17) is 22.7 Å². The zero-order valence-electron chi connectivity index (χ0n) is 14.7. The number of nitrogens with zero attached hydrogens (tertiary/aromatic N) is 2. The Morgan fingerprint density at radius 3 is 2.63 bits per heavy atom. The smallest absolute Gasteiger partial charge is 0.123 e. The average Bonchev–Trinajstić information content (AvgIpc) is 3.11. The van der Waals surface area contributed by atoms with Crippen LogP contribution in [0.15, 0.2) is 72.2 Å². The summed E-state index contributed by atoms with van der Waals surface area (Å²) in [4.78, 5) is 4.21. The molecule has 3 rings (SSSR count). The zero-order chi connectivity index (χ0) is 19.4. The van der Waals surface area contributed by atoms with Gasteiger partial charge >= 0.3 is 0 Å². The van der Waals surface area contributed by atoms with Crippen LogP contribution >= 0.6 is 11.6 Å². The van der Waals surface area contributed by atoms with E-state index < -0.39 is 0 Å². The summed E-state index contributed by atoms with van der Waals surface area (Å²) in [6, 6.07) is 13.4. The number of nitrogens with one attached hydrogen (secondary N) is 1. The zero-order valence-corrected chi connectivity index (χ0v) is 15.4. The summed E-state index contributed by atoms with van der Waals surface area (Å²) in [6.07, 6.45) is 6.46. The van der Waals surface area contributed by atoms with Crippen LogP contribution in [-0.2, 0) is 0 Å². The predicted molar refractivity (Wildman–Crippen MR) is 109 cm³/mol. The van der Waals surface area contributed by atoms with Crippen molar-refractivity contribution in [3.63, 3.8) is 0 Å². The molecule has 27 heavy (non-hydrogen) atoms. The summed E-state index contributed by atoms with van der Waals surface area (Å²) in [5.41, 5.74) is 10.4. The van der Waals surface area contributed by atoms with E-state index in [0.29, 0.717) is 21.9 Å². The molecular formula is C21H18ClFN4. The van der Waals surface area contributed by atoms with Crippen molar-refractivity contribution in [1.29, 1.82) is 5.41 Å². The fourth-order valence-corrected chi connectivity index (χ4v) is 2.94. The minimum Gasteiger partial charge on any atom is -0.398 e. The standard InChI is InChI=1S/C21H18ClFN4/c1-14(19(10-24)21(25)15-5-7-18(23)8-6-15)12-27-13-26-11-20(27)16-3-2-4-17(22)9-16/h2-13,24H,25H2,1H3/b14-12+,21-19?,24-10?. The Morgan fingerprint density at radius 1 is 1.22 bits per heavy atom. The van der Waals surface area contributed by atoms with Crippen molar-refractivity contribution in [2.75, 3.05) is 0 Å². The molecule has 1 aromatic heterocycles. The Labute approximate surface area is 161 Å². The van der Waals surface area contributed by atoms with E-state index >= 15 is 0 Å². The summed E-state index contributed by atoms with van der Waals surface area (Å²) in [5, 5.41) is 8.41. The van der Waals surface area contributed by atoms with E-state index in [9.17, 15) is 4.39 Å². The van der Waals surface area contributed by atoms with Crippen molar-refractivity contribution >= 4 is 29.7 Å². The summed E-state index contributed by atoms with van der Waals surface area (Å²) in [6.45, 7) is 1.86. The lowest BCUT2D eigenvalue weighted by Crippen LogP contribution is -2.04.